The van der Waals surface area contributed by atoms with Gasteiger partial charge in [-0.05, 0) is 30.9 Å². The Bertz CT molecular complexity index is 682. The van der Waals surface area contributed by atoms with E-state index in [1.807, 2.05) is 0 Å². The van der Waals surface area contributed by atoms with Crippen molar-refractivity contribution in [2.24, 2.45) is 0 Å². The number of hydrogen-bond acceptors (Lipinski definition) is 4. The molecule has 2 heterocycles. The molecule has 0 radical (unpaired) electrons. The Hall–Kier alpha value is -1.50. The minimum Gasteiger partial charge on any atom is -0.508 e. The molecule has 0 bridgehead atoms. The van der Waals surface area contributed by atoms with Gasteiger partial charge in [-0.1, -0.05) is 23.2 Å². The molecule has 0 unspecified atom stereocenters. The lowest BCUT2D eigenvalue weighted by Crippen LogP contribution is -2.60. The first-order valence-corrected chi connectivity index (χ1v) is 8.53. The van der Waals surface area contributed by atoms with Crippen molar-refractivity contribution in [3.05, 3.63) is 27.7 Å². The van der Waals surface area contributed by atoms with Crippen molar-refractivity contribution in [3.8, 4) is 5.75 Å². The van der Waals surface area contributed by atoms with Gasteiger partial charge in [-0.2, -0.15) is 0 Å². The van der Waals surface area contributed by atoms with Crippen molar-refractivity contribution in [2.75, 3.05) is 26.2 Å². The zero-order valence-electron chi connectivity index (χ0n) is 12.9. The number of carbonyl (C=O) groups is 2. The molecule has 0 spiro atoms. The summed E-state index contributed by atoms with van der Waals surface area (Å²) in [6.45, 7) is 0.312. The molecular weight excluding hydrogens is 355 g/mol. The second-order valence-electron chi connectivity index (χ2n) is 6.19. The molecule has 2 amide bonds. The van der Waals surface area contributed by atoms with Gasteiger partial charge in [-0.3, -0.25) is 9.59 Å². The number of amides is 2. The van der Waals surface area contributed by atoms with Crippen molar-refractivity contribution in [1.82, 2.24) is 9.80 Å². The van der Waals surface area contributed by atoms with Crippen molar-refractivity contribution < 1.29 is 19.8 Å². The third kappa shape index (κ3) is 3.06. The summed E-state index contributed by atoms with van der Waals surface area (Å²) in [5.74, 6) is -0.524. The van der Waals surface area contributed by atoms with Crippen LogP contribution in [0.15, 0.2) is 12.1 Å². The number of carbonyl (C=O) groups excluding carboxylic acids is 2. The predicted molar refractivity (Wildman–Crippen MR) is 89.3 cm³/mol. The number of piperidine rings is 1. The van der Waals surface area contributed by atoms with Crippen LogP contribution in [0.3, 0.4) is 0 Å². The summed E-state index contributed by atoms with van der Waals surface area (Å²) in [6.07, 6.45) is 1.25. The number of rotatable bonds is 2. The summed E-state index contributed by atoms with van der Waals surface area (Å²) in [5.41, 5.74) is 0.599. The Morgan fingerprint density at radius 1 is 1.33 bits per heavy atom. The molecule has 0 aliphatic carbocycles. The van der Waals surface area contributed by atoms with E-state index < -0.39 is 12.5 Å². The molecule has 8 heteroatoms. The molecule has 2 fully saturated rings. The van der Waals surface area contributed by atoms with Gasteiger partial charge >= 0.3 is 0 Å². The van der Waals surface area contributed by atoms with Gasteiger partial charge in [0, 0.05) is 24.7 Å². The predicted octanol–water partition coefficient (Wildman–Crippen LogP) is 1.61. The molecule has 24 heavy (non-hydrogen) atoms. The van der Waals surface area contributed by atoms with Crippen LogP contribution < -0.4 is 0 Å². The smallest absolute Gasteiger partial charge is 0.248 e. The van der Waals surface area contributed by atoms with Crippen LogP contribution in [0.25, 0.3) is 0 Å². The second-order valence-corrected chi connectivity index (χ2v) is 6.97. The molecule has 2 N–H and O–H groups in total. The molecule has 2 aliphatic heterocycles. The minimum absolute atomic E-state index is 0.00370. The quantitative estimate of drug-likeness (QED) is 0.826. The minimum atomic E-state index is -0.607. The first-order valence-electron chi connectivity index (χ1n) is 7.77. The number of aliphatic hydroxyl groups excluding tert-OH is 1. The third-order valence-electron chi connectivity index (χ3n) is 4.80. The van der Waals surface area contributed by atoms with Crippen LogP contribution in [0.2, 0.25) is 10.0 Å². The van der Waals surface area contributed by atoms with Gasteiger partial charge in [0.25, 0.3) is 0 Å². The molecule has 1 aromatic rings. The van der Waals surface area contributed by atoms with E-state index in [0.717, 1.165) is 0 Å². The Kier molecular flexibility index (Phi) is 4.90. The number of nitrogens with zero attached hydrogens (tertiary/aromatic N) is 2. The lowest BCUT2D eigenvalue weighted by atomic mass is 9.83. The molecule has 0 aromatic heterocycles. The summed E-state index contributed by atoms with van der Waals surface area (Å²) >= 11 is 12.3. The van der Waals surface area contributed by atoms with Crippen LogP contribution in [0.4, 0.5) is 0 Å². The maximum Gasteiger partial charge on any atom is 0.248 e. The number of phenols is 1. The summed E-state index contributed by atoms with van der Waals surface area (Å²) < 4.78 is 0. The first-order chi connectivity index (χ1) is 11.4. The van der Waals surface area contributed by atoms with E-state index in [-0.39, 0.29) is 30.2 Å². The average Bonchev–Trinajstić information content (AvgIpc) is 2.57. The highest BCUT2D eigenvalue weighted by molar-refractivity contribution is 6.42. The largest absolute Gasteiger partial charge is 0.508 e. The lowest BCUT2D eigenvalue weighted by molar-refractivity contribution is -0.151. The Balaban J connectivity index is 1.83. The van der Waals surface area contributed by atoms with Crippen molar-refractivity contribution in [2.45, 2.75) is 24.8 Å². The molecular formula is C16H18Cl2N2O4. The fourth-order valence-electron chi connectivity index (χ4n) is 3.62. The van der Waals surface area contributed by atoms with Gasteiger partial charge in [-0.25, -0.2) is 0 Å². The van der Waals surface area contributed by atoms with Crippen LogP contribution in [-0.4, -0.2) is 64.1 Å². The Labute approximate surface area is 149 Å². The summed E-state index contributed by atoms with van der Waals surface area (Å²) in [6, 6.07) is 2.91. The van der Waals surface area contributed by atoms with Gasteiger partial charge in [0.1, 0.15) is 12.4 Å². The normalized spacial score (nSPS) is 24.0. The zero-order valence-corrected chi connectivity index (χ0v) is 14.4. The Morgan fingerprint density at radius 2 is 2.08 bits per heavy atom. The van der Waals surface area contributed by atoms with Crippen molar-refractivity contribution >= 4 is 35.0 Å². The monoisotopic (exact) mass is 372 g/mol. The Morgan fingerprint density at radius 3 is 2.79 bits per heavy atom. The highest BCUT2D eigenvalue weighted by Gasteiger charge is 2.39. The SMILES string of the molecule is O=C(CO)N1CC(=O)N2CC[C@@H](c3c(O)ccc(Cl)c3Cl)C[C@@H]2C1. The number of aliphatic hydroxyl groups is 1. The first kappa shape index (κ1) is 17.3. The maximum absolute atomic E-state index is 12.2. The highest BCUT2D eigenvalue weighted by Crippen LogP contribution is 2.43. The number of fused-ring (bicyclic) bond motifs is 1. The fourth-order valence-corrected chi connectivity index (χ4v) is 4.10. The number of benzene rings is 1. The number of hydrogen-bond donors (Lipinski definition) is 2. The van der Waals surface area contributed by atoms with Crippen LogP contribution in [0, 0.1) is 0 Å². The van der Waals surface area contributed by atoms with E-state index in [9.17, 15) is 14.7 Å². The van der Waals surface area contributed by atoms with Gasteiger partial charge in [0.15, 0.2) is 0 Å². The van der Waals surface area contributed by atoms with Crippen LogP contribution in [-0.2, 0) is 9.59 Å². The van der Waals surface area contributed by atoms with E-state index >= 15 is 0 Å². The molecule has 1 aromatic carbocycles. The molecule has 3 rings (SSSR count). The van der Waals surface area contributed by atoms with E-state index in [4.69, 9.17) is 28.3 Å². The summed E-state index contributed by atoms with van der Waals surface area (Å²) in [4.78, 5) is 27.1. The highest BCUT2D eigenvalue weighted by atomic mass is 35.5. The standard InChI is InChI=1S/C16H18Cl2N2O4/c17-11-1-2-12(22)15(16(11)18)9-3-4-20-10(5-9)6-19(7-13(20)23)14(24)8-21/h1-2,9-10,21-22H,3-8H2/t9-,10-/m1/s1. The number of phenolic OH excluding ortho intramolecular Hbond substituents is 1. The van der Waals surface area contributed by atoms with E-state index in [1.165, 1.54) is 11.0 Å². The summed E-state index contributed by atoms with van der Waals surface area (Å²) in [7, 11) is 0. The van der Waals surface area contributed by atoms with E-state index in [0.29, 0.717) is 41.5 Å². The van der Waals surface area contributed by atoms with E-state index in [1.54, 1.807) is 11.0 Å². The van der Waals surface area contributed by atoms with Gasteiger partial charge in [0.05, 0.1) is 16.6 Å². The number of halogens is 2. The second kappa shape index (κ2) is 6.78. The lowest BCUT2D eigenvalue weighted by Gasteiger charge is -2.46. The molecule has 0 saturated carbocycles. The van der Waals surface area contributed by atoms with Crippen molar-refractivity contribution in [3.63, 3.8) is 0 Å². The average molecular weight is 373 g/mol. The molecule has 2 atom stereocenters. The number of piperazine rings is 1. The topological polar surface area (TPSA) is 81.1 Å². The zero-order chi connectivity index (χ0) is 17.4. The molecule has 130 valence electrons. The van der Waals surface area contributed by atoms with Crippen molar-refractivity contribution in [1.29, 1.82) is 0 Å². The molecule has 6 nitrogen and oxygen atoms in total. The maximum atomic E-state index is 12.2. The van der Waals surface area contributed by atoms with Gasteiger partial charge in [0.2, 0.25) is 11.8 Å². The third-order valence-corrected chi connectivity index (χ3v) is 5.62. The molecule has 2 saturated heterocycles. The number of aromatic hydroxyl groups is 1. The molecule has 2 aliphatic rings. The van der Waals surface area contributed by atoms with Crippen LogP contribution in [0.1, 0.15) is 24.3 Å². The van der Waals surface area contributed by atoms with Crippen LogP contribution >= 0.6 is 23.2 Å². The van der Waals surface area contributed by atoms with Gasteiger partial charge < -0.3 is 20.0 Å². The van der Waals surface area contributed by atoms with Crippen LogP contribution in [0.5, 0.6) is 5.75 Å². The van der Waals surface area contributed by atoms with E-state index in [2.05, 4.69) is 0 Å². The summed E-state index contributed by atoms with van der Waals surface area (Å²) in [5, 5.41) is 19.9. The fraction of sp³-hybridized carbons (Fsp3) is 0.500. The van der Waals surface area contributed by atoms with Gasteiger partial charge in [-0.15, -0.1) is 0 Å².